The van der Waals surface area contributed by atoms with Crippen molar-refractivity contribution >= 4 is 35.1 Å². The molecule has 0 spiro atoms. The van der Waals surface area contributed by atoms with Crippen molar-refractivity contribution in [3.8, 4) is 23.0 Å². The van der Waals surface area contributed by atoms with Crippen LogP contribution < -0.4 is 9.64 Å². The molecule has 3 aliphatic heterocycles. The average Bonchev–Trinajstić information content (AvgIpc) is 3.95. The van der Waals surface area contributed by atoms with Crippen LogP contribution in [-0.4, -0.2) is 118 Å². The number of benzene rings is 3. The zero-order chi connectivity index (χ0) is 43.4. The number of ether oxygens (including phenoxy) is 2. The summed E-state index contributed by atoms with van der Waals surface area (Å²) in [7, 11) is 0. The number of carboxylic acids is 1. The topological polar surface area (TPSA) is 263 Å². The number of nitrogens with zero attached hydrogens (tertiary/aromatic N) is 3. The molecule has 2 fully saturated rings. The molecule has 3 aromatic carbocycles. The van der Waals surface area contributed by atoms with Crippen LogP contribution in [0.1, 0.15) is 73.6 Å². The molecule has 3 aromatic rings. The number of carboxylic acid groups (broad SMARTS) is 1. The van der Waals surface area contributed by atoms with Crippen molar-refractivity contribution < 1.29 is 65.0 Å². The molecule has 8 rings (SSSR count). The number of carbonyl (C=O) groups is 2. The number of aliphatic imine (C=N–C) groups is 2. The van der Waals surface area contributed by atoms with Gasteiger partial charge < -0.3 is 55.4 Å². The van der Waals surface area contributed by atoms with Gasteiger partial charge in [0.1, 0.15) is 36.5 Å². The molecule has 16 nitrogen and oxygen atoms in total. The van der Waals surface area contributed by atoms with Crippen molar-refractivity contribution in [1.82, 2.24) is 0 Å². The largest absolute Gasteiger partial charge is 0.508 e. The number of aliphatic hydroxyl groups is 5. The minimum Gasteiger partial charge on any atom is -0.508 e. The molecule has 2 aliphatic carbocycles. The Labute approximate surface area is 350 Å². The van der Waals surface area contributed by atoms with E-state index in [1.165, 1.54) is 30.4 Å². The number of phenolic OH excluding ortho intramolecular Hbond substituents is 3. The standard InChI is InChI=1S/C45H49N3O13/c1-2-29-30(47-23-46-29)19-25-18-24(10-12-32(25)50)11-13-37(53)48-31-21-35(60-45(59)41(56)40(55)39(54)36(22-49)61-45)34(52)20-26(31)38-28(14-17-44(38,48)42(57)58)43(15-6-3-7-16-43)27-8-4-5-9-33(27)51/h4-5,8-14,17-18,20-21,28,36,38-41,49-52,54-56,59H,2-3,6-7,15-16,19,22-23H2,1H3,(H,57,58)/b13-11+/t28-,36-,38+,39-,40+,41-,44-,45+/m1/s1. The fourth-order valence-corrected chi connectivity index (χ4v) is 10.1. The Balaban J connectivity index is 1.24. The predicted octanol–water partition coefficient (Wildman–Crippen LogP) is 3.16. The predicted molar refractivity (Wildman–Crippen MR) is 221 cm³/mol. The van der Waals surface area contributed by atoms with E-state index in [1.807, 2.05) is 19.1 Å². The Bertz CT molecular complexity index is 2350. The fraction of sp³-hybridized carbons (Fsp3) is 0.422. The summed E-state index contributed by atoms with van der Waals surface area (Å²) in [5.74, 6) is -8.17. The third-order valence-electron chi connectivity index (χ3n) is 13.1. The zero-order valence-corrected chi connectivity index (χ0v) is 33.3. The quantitative estimate of drug-likeness (QED) is 0.0765. The van der Waals surface area contributed by atoms with E-state index in [4.69, 9.17) is 9.47 Å². The molecule has 9 N–H and O–H groups in total. The van der Waals surface area contributed by atoms with Gasteiger partial charge in [-0.15, -0.1) is 0 Å². The van der Waals surface area contributed by atoms with Gasteiger partial charge in [0.15, 0.2) is 23.1 Å². The second-order valence-corrected chi connectivity index (χ2v) is 16.4. The van der Waals surface area contributed by atoms with Gasteiger partial charge in [-0.05, 0) is 66.6 Å². The first-order valence-electron chi connectivity index (χ1n) is 20.4. The fourth-order valence-electron chi connectivity index (χ4n) is 10.1. The van der Waals surface area contributed by atoms with Gasteiger partial charge >= 0.3 is 11.9 Å². The second-order valence-electron chi connectivity index (χ2n) is 16.4. The molecule has 1 amide bonds. The summed E-state index contributed by atoms with van der Waals surface area (Å²) in [6, 6.07) is 14.1. The Morgan fingerprint density at radius 2 is 1.67 bits per heavy atom. The van der Waals surface area contributed by atoms with Crippen LogP contribution in [0.3, 0.4) is 0 Å². The van der Waals surface area contributed by atoms with Gasteiger partial charge in [-0.3, -0.25) is 19.7 Å². The Hall–Kier alpha value is -5.62. The van der Waals surface area contributed by atoms with Crippen molar-refractivity contribution in [3.63, 3.8) is 0 Å². The number of allylic oxidation sites excluding steroid dienone is 1. The highest BCUT2D eigenvalue weighted by atomic mass is 16.8. The van der Waals surface area contributed by atoms with E-state index in [9.17, 15) is 55.5 Å². The van der Waals surface area contributed by atoms with E-state index < -0.39 is 83.2 Å². The molecular weight excluding hydrogens is 791 g/mol. The second kappa shape index (κ2) is 16.0. The molecule has 0 bridgehead atoms. The number of aromatic hydroxyl groups is 3. The van der Waals surface area contributed by atoms with Crippen LogP contribution in [0.4, 0.5) is 5.69 Å². The molecule has 8 atom stereocenters. The molecule has 0 aromatic heterocycles. The first-order valence-corrected chi connectivity index (χ1v) is 20.4. The minimum atomic E-state index is -3.14. The molecule has 61 heavy (non-hydrogen) atoms. The van der Waals surface area contributed by atoms with Crippen LogP contribution >= 0.6 is 0 Å². The summed E-state index contributed by atoms with van der Waals surface area (Å²) in [6.45, 7) is 1.37. The number of aliphatic hydroxyl groups excluding tert-OH is 4. The lowest BCUT2D eigenvalue weighted by Crippen LogP contribution is -2.67. The van der Waals surface area contributed by atoms with Gasteiger partial charge in [-0.1, -0.05) is 62.6 Å². The number of carbonyl (C=O) groups excluding carboxylic acids is 1. The molecule has 0 unspecified atom stereocenters. The van der Waals surface area contributed by atoms with E-state index in [1.54, 1.807) is 30.3 Å². The summed E-state index contributed by atoms with van der Waals surface area (Å²) < 4.78 is 10.9. The molecule has 1 saturated heterocycles. The van der Waals surface area contributed by atoms with Gasteiger partial charge in [0.25, 0.3) is 5.91 Å². The summed E-state index contributed by atoms with van der Waals surface area (Å²) >= 11 is 0. The lowest BCUT2D eigenvalue weighted by atomic mass is 9.57. The van der Waals surface area contributed by atoms with E-state index in [0.717, 1.165) is 41.7 Å². The highest BCUT2D eigenvalue weighted by Crippen LogP contribution is 2.64. The molecular formula is C45H49N3O13. The number of anilines is 1. The van der Waals surface area contributed by atoms with E-state index in [2.05, 4.69) is 9.98 Å². The number of phenols is 3. The van der Waals surface area contributed by atoms with Crippen LogP contribution in [0.5, 0.6) is 23.0 Å². The summed E-state index contributed by atoms with van der Waals surface area (Å²) in [4.78, 5) is 38.7. The van der Waals surface area contributed by atoms with Gasteiger partial charge in [0.05, 0.1) is 23.7 Å². The SMILES string of the molecule is CCC1=NCN=C1Cc1cc(/C=C/C(=O)N2c3cc(O[C@]4(O)O[C@H](CO)[C@@H](O)[C@H](O)[C@H]4O)c(O)cc3[C@H]3[C@H](C4(c5ccccc5O)CCCCC4)C=C[C@]32C(=O)O)ccc1O. The van der Waals surface area contributed by atoms with E-state index >= 15 is 0 Å². The monoisotopic (exact) mass is 839 g/mol. The van der Waals surface area contributed by atoms with Crippen molar-refractivity contribution in [1.29, 1.82) is 0 Å². The first kappa shape index (κ1) is 42.1. The minimum absolute atomic E-state index is 0.0197. The van der Waals surface area contributed by atoms with Crippen molar-refractivity contribution in [2.24, 2.45) is 15.9 Å². The Morgan fingerprint density at radius 1 is 0.934 bits per heavy atom. The smallest absolute Gasteiger partial charge is 0.355 e. The van der Waals surface area contributed by atoms with Gasteiger partial charge in [0.2, 0.25) is 0 Å². The Morgan fingerprint density at radius 3 is 2.38 bits per heavy atom. The van der Waals surface area contributed by atoms with Crippen molar-refractivity contribution in [3.05, 3.63) is 95.1 Å². The summed E-state index contributed by atoms with van der Waals surface area (Å²) in [5, 5.41) is 97.7. The number of fused-ring (bicyclic) bond motifs is 3. The zero-order valence-electron chi connectivity index (χ0n) is 33.3. The molecule has 5 aliphatic rings. The maximum Gasteiger partial charge on any atom is 0.355 e. The number of aliphatic carboxylic acids is 1. The van der Waals surface area contributed by atoms with E-state index in [-0.39, 0.29) is 22.7 Å². The first-order chi connectivity index (χ1) is 29.2. The lowest BCUT2D eigenvalue weighted by Gasteiger charge is -2.46. The third kappa shape index (κ3) is 6.87. The normalized spacial score (nSPS) is 30.2. The number of rotatable bonds is 11. The number of hydrogen-bond acceptors (Lipinski definition) is 14. The van der Waals surface area contributed by atoms with Crippen LogP contribution in [0.2, 0.25) is 0 Å². The highest BCUT2D eigenvalue weighted by molar-refractivity contribution is 6.43. The summed E-state index contributed by atoms with van der Waals surface area (Å²) in [6.07, 6.45) is 2.74. The van der Waals surface area contributed by atoms with Crippen molar-refractivity contribution in [2.75, 3.05) is 18.2 Å². The molecule has 16 heteroatoms. The van der Waals surface area contributed by atoms with Gasteiger partial charge in [-0.2, -0.15) is 0 Å². The van der Waals surface area contributed by atoms with E-state index in [0.29, 0.717) is 49.0 Å². The average molecular weight is 840 g/mol. The maximum atomic E-state index is 14.8. The number of para-hydroxylation sites is 1. The van der Waals surface area contributed by atoms with Crippen LogP contribution in [-0.2, 0) is 26.2 Å². The lowest BCUT2D eigenvalue weighted by molar-refractivity contribution is -0.422. The Kier molecular flexibility index (Phi) is 11.0. The van der Waals surface area contributed by atoms with Crippen molar-refractivity contribution in [2.45, 2.75) is 99.1 Å². The molecule has 322 valence electrons. The molecule has 3 heterocycles. The van der Waals surface area contributed by atoms with Crippen LogP contribution in [0.25, 0.3) is 6.08 Å². The summed E-state index contributed by atoms with van der Waals surface area (Å²) in [5.41, 5.74) is 0.589. The maximum absolute atomic E-state index is 14.8. The third-order valence-corrected chi connectivity index (χ3v) is 13.1. The van der Waals surface area contributed by atoms with Gasteiger partial charge in [0, 0.05) is 41.0 Å². The number of hydrogen-bond donors (Lipinski definition) is 9. The number of amides is 1. The molecule has 1 saturated carbocycles. The highest BCUT2D eigenvalue weighted by Gasteiger charge is 2.66. The van der Waals surface area contributed by atoms with Crippen LogP contribution in [0, 0.1) is 5.92 Å². The van der Waals surface area contributed by atoms with Crippen LogP contribution in [0.15, 0.2) is 82.8 Å². The molecule has 0 radical (unpaired) electrons. The van der Waals surface area contributed by atoms with Gasteiger partial charge in [-0.25, -0.2) is 4.79 Å².